The first-order valence-corrected chi connectivity index (χ1v) is 6.92. The lowest BCUT2D eigenvalue weighted by Gasteiger charge is -2.16. The number of nitrogens with one attached hydrogen (secondary N) is 1. The van der Waals surface area contributed by atoms with Crippen molar-refractivity contribution in [3.05, 3.63) is 35.4 Å². The van der Waals surface area contributed by atoms with Crippen LogP contribution < -0.4 is 5.32 Å². The number of amides is 1. The largest absolute Gasteiger partial charge is 0.480 e. The molecule has 0 aliphatic heterocycles. The zero-order valence-electron chi connectivity index (χ0n) is 12.5. The summed E-state index contributed by atoms with van der Waals surface area (Å²) in [6.45, 7) is 0.132. The lowest BCUT2D eigenvalue weighted by atomic mass is 10.0. The Bertz CT molecular complexity index is 546. The predicted octanol–water partition coefficient (Wildman–Crippen LogP) is 2.40. The first-order valence-electron chi connectivity index (χ1n) is 6.92. The van der Waals surface area contributed by atoms with E-state index in [1.54, 1.807) is 0 Å². The highest BCUT2D eigenvalue weighted by Crippen LogP contribution is 2.23. The quantitative estimate of drug-likeness (QED) is 0.766. The molecular formula is C15H18F3NO4. The predicted molar refractivity (Wildman–Crippen MR) is 76.2 cm³/mol. The number of alkyl halides is 3. The Balaban J connectivity index is 2.84. The van der Waals surface area contributed by atoms with E-state index in [1.165, 1.54) is 31.4 Å². The summed E-state index contributed by atoms with van der Waals surface area (Å²) in [7, 11) is 1.40. The number of carbonyl (C=O) groups is 2. The first-order chi connectivity index (χ1) is 10.7. The number of carboxylic acid groups (broad SMARTS) is 1. The van der Waals surface area contributed by atoms with Gasteiger partial charge in [0.1, 0.15) is 6.04 Å². The van der Waals surface area contributed by atoms with Crippen molar-refractivity contribution in [2.24, 2.45) is 0 Å². The fraction of sp³-hybridized carbons (Fsp3) is 0.467. The average Bonchev–Trinajstić information content (AvgIpc) is 2.48. The summed E-state index contributed by atoms with van der Waals surface area (Å²) in [5, 5.41) is 11.4. The van der Waals surface area contributed by atoms with Crippen LogP contribution in [-0.2, 0) is 16.0 Å². The zero-order chi connectivity index (χ0) is 17.5. The Kier molecular flexibility index (Phi) is 7.02. The van der Waals surface area contributed by atoms with Crippen LogP contribution in [0.25, 0.3) is 0 Å². The minimum absolute atomic E-state index is 0.0421. The normalized spacial score (nSPS) is 12.7. The van der Waals surface area contributed by atoms with E-state index in [1.807, 2.05) is 0 Å². The number of aryl methyl sites for hydroxylation is 1. The third-order valence-electron chi connectivity index (χ3n) is 3.15. The molecule has 1 rings (SSSR count). The van der Waals surface area contributed by atoms with Crippen LogP contribution in [0.15, 0.2) is 24.3 Å². The molecule has 0 bridgehead atoms. The number of hydrogen-bond donors (Lipinski definition) is 2. The maximum atomic E-state index is 12.3. The van der Waals surface area contributed by atoms with Crippen molar-refractivity contribution < 1.29 is 32.6 Å². The van der Waals surface area contributed by atoms with Crippen LogP contribution in [0.2, 0.25) is 0 Å². The van der Waals surface area contributed by atoms with E-state index in [-0.39, 0.29) is 30.6 Å². The van der Waals surface area contributed by atoms with Gasteiger partial charge in [-0.15, -0.1) is 0 Å². The molecule has 23 heavy (non-hydrogen) atoms. The van der Waals surface area contributed by atoms with Gasteiger partial charge in [-0.25, -0.2) is 4.79 Å². The summed E-state index contributed by atoms with van der Waals surface area (Å²) in [6.07, 6.45) is -5.67. The molecule has 0 aliphatic carbocycles. The van der Waals surface area contributed by atoms with E-state index in [0.29, 0.717) is 0 Å². The Hall–Kier alpha value is -2.09. The highest BCUT2D eigenvalue weighted by atomic mass is 19.4. The topological polar surface area (TPSA) is 75.6 Å². The molecule has 1 atom stereocenters. The van der Waals surface area contributed by atoms with E-state index in [4.69, 9.17) is 9.84 Å². The van der Waals surface area contributed by atoms with Crippen molar-refractivity contribution in [2.75, 3.05) is 13.7 Å². The van der Waals surface area contributed by atoms with E-state index in [2.05, 4.69) is 5.32 Å². The maximum absolute atomic E-state index is 12.3. The van der Waals surface area contributed by atoms with Gasteiger partial charge in [0, 0.05) is 32.1 Å². The van der Waals surface area contributed by atoms with Crippen molar-refractivity contribution in [3.63, 3.8) is 0 Å². The number of ether oxygens (including phenoxy) is 1. The number of rotatable bonds is 8. The van der Waals surface area contributed by atoms with Crippen LogP contribution >= 0.6 is 0 Å². The van der Waals surface area contributed by atoms with Gasteiger partial charge in [-0.3, -0.25) is 4.79 Å². The van der Waals surface area contributed by atoms with E-state index in [0.717, 1.165) is 0 Å². The Morgan fingerprint density at radius 1 is 1.30 bits per heavy atom. The molecule has 0 heterocycles. The SMILES string of the molecule is COCCC(NC(=O)c1ccccc1CCC(F)(F)F)C(=O)O. The second-order valence-corrected chi connectivity index (χ2v) is 4.92. The van der Waals surface area contributed by atoms with Crippen LogP contribution in [-0.4, -0.2) is 42.9 Å². The number of methoxy groups -OCH3 is 1. The number of benzene rings is 1. The van der Waals surface area contributed by atoms with Gasteiger partial charge in [-0.2, -0.15) is 13.2 Å². The maximum Gasteiger partial charge on any atom is 0.389 e. The standard InChI is InChI=1S/C15H18F3NO4/c1-23-9-7-12(14(21)22)19-13(20)11-5-3-2-4-10(11)6-8-15(16,17)18/h2-5,12H,6-9H2,1H3,(H,19,20)(H,21,22). The Morgan fingerprint density at radius 2 is 1.96 bits per heavy atom. The van der Waals surface area contributed by atoms with Crippen molar-refractivity contribution in [2.45, 2.75) is 31.5 Å². The molecule has 128 valence electrons. The van der Waals surface area contributed by atoms with Crippen LogP contribution in [0, 0.1) is 0 Å². The van der Waals surface area contributed by atoms with Gasteiger partial charge in [0.15, 0.2) is 0 Å². The molecule has 0 aliphatic rings. The fourth-order valence-electron chi connectivity index (χ4n) is 1.97. The smallest absolute Gasteiger partial charge is 0.389 e. The van der Waals surface area contributed by atoms with Gasteiger partial charge in [-0.05, 0) is 18.1 Å². The summed E-state index contributed by atoms with van der Waals surface area (Å²) in [5.74, 6) is -1.95. The number of carbonyl (C=O) groups excluding carboxylic acids is 1. The van der Waals surface area contributed by atoms with Crippen LogP contribution in [0.3, 0.4) is 0 Å². The van der Waals surface area contributed by atoms with Gasteiger partial charge >= 0.3 is 12.1 Å². The summed E-state index contributed by atoms with van der Waals surface area (Å²) in [5.41, 5.74) is 0.263. The van der Waals surface area contributed by atoms with E-state index in [9.17, 15) is 22.8 Å². The Labute approximate surface area is 131 Å². The molecule has 0 saturated carbocycles. The van der Waals surface area contributed by atoms with Gasteiger partial charge in [0.05, 0.1) is 0 Å². The van der Waals surface area contributed by atoms with Crippen molar-refractivity contribution in [1.29, 1.82) is 0 Å². The molecule has 0 radical (unpaired) electrons. The summed E-state index contributed by atoms with van der Waals surface area (Å²) < 4.78 is 41.8. The molecule has 1 aromatic carbocycles. The third-order valence-corrected chi connectivity index (χ3v) is 3.15. The van der Waals surface area contributed by atoms with Crippen molar-refractivity contribution in [3.8, 4) is 0 Å². The lowest BCUT2D eigenvalue weighted by Crippen LogP contribution is -2.41. The zero-order valence-corrected chi connectivity index (χ0v) is 12.5. The minimum Gasteiger partial charge on any atom is -0.480 e. The van der Waals surface area contributed by atoms with Crippen LogP contribution in [0.1, 0.15) is 28.8 Å². The highest BCUT2D eigenvalue weighted by molar-refractivity contribution is 5.97. The van der Waals surface area contributed by atoms with Gasteiger partial charge < -0.3 is 15.2 Å². The second kappa shape index (κ2) is 8.52. The lowest BCUT2D eigenvalue weighted by molar-refractivity contribution is -0.139. The molecule has 8 heteroatoms. The van der Waals surface area contributed by atoms with Crippen LogP contribution in [0.4, 0.5) is 13.2 Å². The second-order valence-electron chi connectivity index (χ2n) is 4.92. The first kappa shape index (κ1) is 19.0. The molecule has 1 amide bonds. The molecule has 2 N–H and O–H groups in total. The number of carboxylic acids is 1. The highest BCUT2D eigenvalue weighted by Gasteiger charge is 2.28. The summed E-state index contributed by atoms with van der Waals surface area (Å²) in [4.78, 5) is 23.3. The number of hydrogen-bond acceptors (Lipinski definition) is 3. The molecule has 1 unspecified atom stereocenters. The number of halogens is 3. The number of aliphatic carboxylic acids is 1. The molecule has 0 aromatic heterocycles. The molecule has 1 aromatic rings. The van der Waals surface area contributed by atoms with Crippen LogP contribution in [0.5, 0.6) is 0 Å². The van der Waals surface area contributed by atoms with Gasteiger partial charge in [0.2, 0.25) is 0 Å². The molecule has 0 spiro atoms. The van der Waals surface area contributed by atoms with Crippen molar-refractivity contribution in [1.82, 2.24) is 5.32 Å². The van der Waals surface area contributed by atoms with E-state index < -0.39 is 30.5 Å². The van der Waals surface area contributed by atoms with Gasteiger partial charge in [-0.1, -0.05) is 18.2 Å². The minimum atomic E-state index is -4.33. The monoisotopic (exact) mass is 333 g/mol. The van der Waals surface area contributed by atoms with Gasteiger partial charge in [0.25, 0.3) is 5.91 Å². The van der Waals surface area contributed by atoms with Crippen molar-refractivity contribution >= 4 is 11.9 Å². The summed E-state index contributed by atoms with van der Waals surface area (Å²) >= 11 is 0. The average molecular weight is 333 g/mol. The Morgan fingerprint density at radius 3 is 2.52 bits per heavy atom. The fourth-order valence-corrected chi connectivity index (χ4v) is 1.97. The molecular weight excluding hydrogens is 315 g/mol. The third kappa shape index (κ3) is 6.68. The summed E-state index contributed by atoms with van der Waals surface area (Å²) in [6, 6.07) is 4.67. The van der Waals surface area contributed by atoms with E-state index >= 15 is 0 Å². The molecule has 5 nitrogen and oxygen atoms in total. The molecule has 0 saturated heterocycles. The molecule has 0 fully saturated rings.